The quantitative estimate of drug-likeness (QED) is 0.329. The van der Waals surface area contributed by atoms with Crippen molar-refractivity contribution in [3.8, 4) is 0 Å². The molecule has 0 aliphatic carbocycles. The minimum absolute atomic E-state index is 0.0355. The average Bonchev–Trinajstić information content (AvgIpc) is 2.76. The molecule has 0 aromatic heterocycles. The number of amides is 1. The molecule has 3 nitrogen and oxygen atoms in total. The van der Waals surface area contributed by atoms with Gasteiger partial charge in [0, 0.05) is 13.0 Å². The summed E-state index contributed by atoms with van der Waals surface area (Å²) in [5.41, 5.74) is 3.51. The lowest BCUT2D eigenvalue weighted by atomic mass is 9.90. The van der Waals surface area contributed by atoms with Crippen molar-refractivity contribution in [1.82, 2.24) is 4.90 Å². The van der Waals surface area contributed by atoms with Crippen molar-refractivity contribution in [2.45, 2.75) is 84.3 Å². The Morgan fingerprint density at radius 2 is 1.64 bits per heavy atom. The molecule has 0 bridgehead atoms. The molecule has 1 aliphatic rings. The maximum absolute atomic E-state index is 13.7. The molecule has 0 saturated heterocycles. The Morgan fingerprint density at radius 3 is 2.21 bits per heavy atom. The van der Waals surface area contributed by atoms with Crippen LogP contribution in [0.3, 0.4) is 0 Å². The van der Waals surface area contributed by atoms with Gasteiger partial charge >= 0.3 is 0 Å². The first-order chi connectivity index (χ1) is 15.5. The van der Waals surface area contributed by atoms with Gasteiger partial charge in [-0.05, 0) is 42.1 Å². The number of aryl methyl sites for hydroxylation is 1. The minimum Gasteiger partial charge on any atom is -0.410 e. The Labute approximate surface area is 202 Å². The molecule has 2 aromatic rings. The van der Waals surface area contributed by atoms with E-state index in [9.17, 15) is 4.79 Å². The van der Waals surface area contributed by atoms with Crippen LogP contribution in [0.2, 0.25) is 18.1 Å². The van der Waals surface area contributed by atoms with Gasteiger partial charge in [0.05, 0.1) is 12.1 Å². The lowest BCUT2D eigenvalue weighted by molar-refractivity contribution is -0.135. The van der Waals surface area contributed by atoms with E-state index in [0.717, 1.165) is 17.5 Å². The molecule has 3 rings (SSSR count). The van der Waals surface area contributed by atoms with E-state index in [2.05, 4.69) is 96.3 Å². The predicted octanol–water partition coefficient (Wildman–Crippen LogP) is 7.44. The third-order valence-electron chi connectivity index (χ3n) is 7.42. The molecule has 0 radical (unpaired) electrons. The number of rotatable bonds is 6. The summed E-state index contributed by atoms with van der Waals surface area (Å²) in [6, 6.07) is 18.8. The van der Waals surface area contributed by atoms with Crippen molar-refractivity contribution >= 4 is 14.2 Å². The summed E-state index contributed by atoms with van der Waals surface area (Å²) in [7, 11) is -1.97. The van der Waals surface area contributed by atoms with Crippen LogP contribution in [-0.2, 0) is 15.8 Å². The summed E-state index contributed by atoms with van der Waals surface area (Å²) in [6.45, 7) is 16.3. The second-order valence-corrected chi connectivity index (χ2v) is 15.7. The average molecular weight is 464 g/mol. The van der Waals surface area contributed by atoms with Gasteiger partial charge in [0.25, 0.3) is 0 Å². The molecule has 2 aromatic carbocycles. The predicted molar refractivity (Wildman–Crippen MR) is 141 cm³/mol. The molecule has 1 aliphatic heterocycles. The number of carbonyl (C=O) groups excluding carboxylic acids is 1. The minimum atomic E-state index is -1.97. The van der Waals surface area contributed by atoms with Gasteiger partial charge in [-0.25, -0.2) is 0 Å². The first kappa shape index (κ1) is 25.4. The first-order valence-corrected chi connectivity index (χ1v) is 15.2. The summed E-state index contributed by atoms with van der Waals surface area (Å²) in [6.07, 6.45) is 5.86. The summed E-state index contributed by atoms with van der Waals surface area (Å²) in [5, 5.41) is 0.126. The number of benzene rings is 2. The Hall–Kier alpha value is -2.17. The van der Waals surface area contributed by atoms with Gasteiger partial charge < -0.3 is 9.33 Å². The van der Waals surface area contributed by atoms with E-state index in [-0.39, 0.29) is 29.0 Å². The van der Waals surface area contributed by atoms with Crippen LogP contribution in [0.15, 0.2) is 66.7 Å². The van der Waals surface area contributed by atoms with E-state index in [1.54, 1.807) is 0 Å². The number of nitrogens with zero attached hydrogens (tertiary/aromatic N) is 1. The summed E-state index contributed by atoms with van der Waals surface area (Å²) in [5.74, 6) is 0.379. The molecule has 0 saturated carbocycles. The Balaban J connectivity index is 2.01. The second kappa shape index (κ2) is 10.4. The van der Waals surface area contributed by atoms with E-state index in [4.69, 9.17) is 4.43 Å². The van der Waals surface area contributed by atoms with Gasteiger partial charge in [0.1, 0.15) is 0 Å². The number of hydrogen-bond donors (Lipinski definition) is 0. The van der Waals surface area contributed by atoms with Gasteiger partial charge in [-0.2, -0.15) is 0 Å². The molecule has 1 heterocycles. The molecule has 0 fully saturated rings. The van der Waals surface area contributed by atoms with Crippen molar-refractivity contribution in [3.05, 3.63) is 83.4 Å². The smallest absolute Gasteiger partial charge is 0.224 e. The first-order valence-electron chi connectivity index (χ1n) is 12.3. The third kappa shape index (κ3) is 6.24. The maximum Gasteiger partial charge on any atom is 0.224 e. The van der Waals surface area contributed by atoms with Crippen molar-refractivity contribution in [2.75, 3.05) is 0 Å². The fourth-order valence-corrected chi connectivity index (χ4v) is 5.44. The lowest BCUT2D eigenvalue weighted by Gasteiger charge is -2.42. The molecule has 0 unspecified atom stereocenters. The van der Waals surface area contributed by atoms with Crippen LogP contribution in [0.25, 0.3) is 0 Å². The van der Waals surface area contributed by atoms with Crippen molar-refractivity contribution in [3.63, 3.8) is 0 Å². The molecule has 1 amide bonds. The Bertz CT molecular complexity index is 944. The van der Waals surface area contributed by atoms with Crippen LogP contribution < -0.4 is 0 Å². The Morgan fingerprint density at radius 1 is 1.00 bits per heavy atom. The lowest BCUT2D eigenvalue weighted by Crippen LogP contribution is -2.47. The summed E-state index contributed by atoms with van der Waals surface area (Å²) in [4.78, 5) is 15.8. The van der Waals surface area contributed by atoms with Crippen LogP contribution >= 0.6 is 0 Å². The van der Waals surface area contributed by atoms with Crippen LogP contribution in [0, 0.1) is 12.8 Å². The summed E-state index contributed by atoms with van der Waals surface area (Å²) < 4.78 is 6.87. The SMILES string of the molecule is CC[C@@H]1CC(=O)N(Cc2ccccc2)[C@@H](c2ccc(C)cc2)/C=C\[C@@H]1O[Si](C)(C)C(C)(C)C. The zero-order valence-corrected chi connectivity index (χ0v) is 22.5. The van der Waals surface area contributed by atoms with Gasteiger partial charge in [-0.1, -0.05) is 106 Å². The number of hydrogen-bond acceptors (Lipinski definition) is 2. The highest BCUT2D eigenvalue weighted by Gasteiger charge is 2.41. The van der Waals surface area contributed by atoms with E-state index < -0.39 is 8.32 Å². The van der Waals surface area contributed by atoms with E-state index in [1.807, 2.05) is 23.1 Å². The molecular weight excluding hydrogens is 422 g/mol. The topological polar surface area (TPSA) is 29.5 Å². The fraction of sp³-hybridized carbons (Fsp3) is 0.483. The normalized spacial score (nSPS) is 23.2. The van der Waals surface area contributed by atoms with Crippen LogP contribution in [0.4, 0.5) is 0 Å². The maximum atomic E-state index is 13.7. The Kier molecular flexibility index (Phi) is 8.02. The van der Waals surface area contributed by atoms with Crippen LogP contribution in [0.5, 0.6) is 0 Å². The highest BCUT2D eigenvalue weighted by atomic mass is 28.4. The van der Waals surface area contributed by atoms with Crippen molar-refractivity contribution in [1.29, 1.82) is 0 Å². The van der Waals surface area contributed by atoms with Crippen molar-refractivity contribution in [2.24, 2.45) is 5.92 Å². The molecule has 4 heteroatoms. The second-order valence-electron chi connectivity index (χ2n) is 11.0. The fourth-order valence-electron chi connectivity index (χ4n) is 4.14. The van der Waals surface area contributed by atoms with Gasteiger partial charge in [0.15, 0.2) is 8.32 Å². The largest absolute Gasteiger partial charge is 0.410 e. The zero-order valence-electron chi connectivity index (χ0n) is 21.5. The zero-order chi connectivity index (χ0) is 24.2. The third-order valence-corrected chi connectivity index (χ3v) is 11.9. The van der Waals surface area contributed by atoms with E-state index >= 15 is 0 Å². The highest BCUT2D eigenvalue weighted by molar-refractivity contribution is 6.74. The molecule has 0 spiro atoms. The molecule has 178 valence electrons. The molecule has 0 N–H and O–H groups in total. The summed E-state index contributed by atoms with van der Waals surface area (Å²) >= 11 is 0. The number of carbonyl (C=O) groups is 1. The van der Waals surface area contributed by atoms with Gasteiger partial charge in [-0.15, -0.1) is 0 Å². The van der Waals surface area contributed by atoms with E-state index in [1.165, 1.54) is 5.56 Å². The van der Waals surface area contributed by atoms with Gasteiger partial charge in [0.2, 0.25) is 5.91 Å². The molecule has 33 heavy (non-hydrogen) atoms. The molecular formula is C29H41NO2Si. The molecule has 3 atom stereocenters. The van der Waals surface area contributed by atoms with Crippen LogP contribution in [0.1, 0.15) is 63.3 Å². The van der Waals surface area contributed by atoms with Gasteiger partial charge in [-0.3, -0.25) is 4.79 Å². The van der Waals surface area contributed by atoms with E-state index in [0.29, 0.717) is 13.0 Å². The van der Waals surface area contributed by atoms with Crippen molar-refractivity contribution < 1.29 is 9.22 Å². The standard InChI is InChI=1S/C29H41NO2Si/c1-8-24-20-28(31)30(21-23-12-10-9-11-13-23)26(25-16-14-22(2)15-17-25)18-19-27(24)32-33(6,7)29(3,4)5/h9-19,24,26-27H,8,20-21H2,1-7H3/b19-18-/t24-,26-,27+/m1/s1. The highest BCUT2D eigenvalue weighted by Crippen LogP contribution is 2.40. The van der Waals surface area contributed by atoms with Crippen LogP contribution in [-0.4, -0.2) is 25.2 Å². The monoisotopic (exact) mass is 463 g/mol.